The molecule has 0 aliphatic carbocycles. The SMILES string of the molecule is COCCOC(=O)[C@@H](C)Oc1ccc(C(=O)Nc2cccc(Cl)c2C)cc1. The Morgan fingerprint density at radius 2 is 1.81 bits per heavy atom. The number of amides is 1. The lowest BCUT2D eigenvalue weighted by Gasteiger charge is -2.14. The highest BCUT2D eigenvalue weighted by Crippen LogP contribution is 2.23. The van der Waals surface area contributed by atoms with Gasteiger partial charge in [0.15, 0.2) is 6.10 Å². The molecule has 0 saturated heterocycles. The molecule has 1 N–H and O–H groups in total. The minimum atomic E-state index is -0.768. The fourth-order valence-electron chi connectivity index (χ4n) is 2.22. The minimum Gasteiger partial charge on any atom is -0.479 e. The molecule has 0 aliphatic rings. The van der Waals surface area contributed by atoms with Crippen molar-refractivity contribution in [3.05, 3.63) is 58.6 Å². The van der Waals surface area contributed by atoms with Crippen molar-refractivity contribution in [2.45, 2.75) is 20.0 Å². The maximum Gasteiger partial charge on any atom is 0.347 e. The van der Waals surface area contributed by atoms with Crippen LogP contribution in [0.5, 0.6) is 5.75 Å². The number of halogens is 1. The monoisotopic (exact) mass is 391 g/mol. The first kappa shape index (κ1) is 20.7. The van der Waals surface area contributed by atoms with Gasteiger partial charge in [-0.2, -0.15) is 0 Å². The fourth-order valence-corrected chi connectivity index (χ4v) is 2.39. The molecule has 0 radical (unpaired) electrons. The first-order chi connectivity index (χ1) is 12.9. The molecule has 2 aromatic carbocycles. The predicted octanol–water partition coefficient (Wildman–Crippen LogP) is 3.86. The highest BCUT2D eigenvalue weighted by Gasteiger charge is 2.16. The number of ether oxygens (including phenoxy) is 3. The van der Waals surface area contributed by atoms with Crippen molar-refractivity contribution in [2.75, 3.05) is 25.6 Å². The van der Waals surface area contributed by atoms with Gasteiger partial charge in [-0.1, -0.05) is 17.7 Å². The Kier molecular flexibility index (Phi) is 7.64. The molecule has 7 heteroatoms. The minimum absolute atomic E-state index is 0.172. The molecule has 1 amide bonds. The Bertz CT molecular complexity index is 791. The summed E-state index contributed by atoms with van der Waals surface area (Å²) in [6.45, 7) is 3.93. The van der Waals surface area contributed by atoms with Crippen LogP contribution in [0.25, 0.3) is 0 Å². The van der Waals surface area contributed by atoms with Gasteiger partial charge < -0.3 is 19.5 Å². The smallest absolute Gasteiger partial charge is 0.347 e. The molecule has 0 saturated carbocycles. The van der Waals surface area contributed by atoms with Crippen LogP contribution >= 0.6 is 11.6 Å². The Morgan fingerprint density at radius 1 is 1.11 bits per heavy atom. The maximum absolute atomic E-state index is 12.4. The summed E-state index contributed by atoms with van der Waals surface area (Å²) >= 11 is 6.07. The quantitative estimate of drug-likeness (QED) is 0.546. The lowest BCUT2D eigenvalue weighted by molar-refractivity contribution is -0.152. The van der Waals surface area contributed by atoms with Gasteiger partial charge in [0.25, 0.3) is 5.91 Å². The number of methoxy groups -OCH3 is 1. The summed E-state index contributed by atoms with van der Waals surface area (Å²) in [5.41, 5.74) is 1.91. The van der Waals surface area contributed by atoms with Crippen LogP contribution < -0.4 is 10.1 Å². The van der Waals surface area contributed by atoms with Gasteiger partial charge in [0.05, 0.1) is 6.61 Å². The lowest BCUT2D eigenvalue weighted by atomic mass is 10.1. The number of anilines is 1. The number of hydrogen-bond acceptors (Lipinski definition) is 5. The van der Waals surface area contributed by atoms with Gasteiger partial charge in [0.1, 0.15) is 12.4 Å². The molecule has 0 bridgehead atoms. The van der Waals surface area contributed by atoms with Crippen molar-refractivity contribution < 1.29 is 23.8 Å². The van der Waals surface area contributed by atoms with Gasteiger partial charge in [0, 0.05) is 23.4 Å². The first-order valence-electron chi connectivity index (χ1n) is 8.41. The molecule has 1 atom stereocenters. The normalized spacial score (nSPS) is 11.6. The molecule has 0 aliphatic heterocycles. The molecular weight excluding hydrogens is 370 g/mol. The van der Waals surface area contributed by atoms with Gasteiger partial charge in [-0.3, -0.25) is 4.79 Å². The van der Waals surface area contributed by atoms with E-state index in [1.165, 1.54) is 7.11 Å². The van der Waals surface area contributed by atoms with Crippen LogP contribution in [0.1, 0.15) is 22.8 Å². The number of rotatable bonds is 8. The average molecular weight is 392 g/mol. The van der Waals surface area contributed by atoms with Crippen molar-refractivity contribution in [3.63, 3.8) is 0 Å². The van der Waals surface area contributed by atoms with Crippen molar-refractivity contribution in [1.82, 2.24) is 0 Å². The summed E-state index contributed by atoms with van der Waals surface area (Å²) in [4.78, 5) is 24.2. The molecule has 0 heterocycles. The zero-order chi connectivity index (χ0) is 19.8. The molecule has 0 fully saturated rings. The van der Waals surface area contributed by atoms with Gasteiger partial charge in [-0.15, -0.1) is 0 Å². The maximum atomic E-state index is 12.4. The van der Waals surface area contributed by atoms with E-state index in [1.54, 1.807) is 49.4 Å². The van der Waals surface area contributed by atoms with Crippen LogP contribution in [-0.4, -0.2) is 38.3 Å². The zero-order valence-electron chi connectivity index (χ0n) is 15.5. The van der Waals surface area contributed by atoms with Crippen LogP contribution in [0.4, 0.5) is 5.69 Å². The predicted molar refractivity (Wildman–Crippen MR) is 104 cm³/mol. The lowest BCUT2D eigenvalue weighted by Crippen LogP contribution is -2.27. The molecule has 6 nitrogen and oxygen atoms in total. The van der Waals surface area contributed by atoms with E-state index in [2.05, 4.69) is 5.32 Å². The summed E-state index contributed by atoms with van der Waals surface area (Å²) in [7, 11) is 1.53. The highest BCUT2D eigenvalue weighted by molar-refractivity contribution is 6.31. The van der Waals surface area contributed by atoms with Crippen LogP contribution in [-0.2, 0) is 14.3 Å². The average Bonchev–Trinajstić information content (AvgIpc) is 2.66. The standard InChI is InChI=1S/C20H22ClNO5/c1-13-17(21)5-4-6-18(13)22-19(23)15-7-9-16(10-8-15)27-14(2)20(24)26-12-11-25-3/h4-10,14H,11-12H2,1-3H3,(H,22,23)/t14-/m1/s1. The number of hydrogen-bond donors (Lipinski definition) is 1. The zero-order valence-corrected chi connectivity index (χ0v) is 16.2. The molecule has 144 valence electrons. The van der Waals surface area contributed by atoms with E-state index in [0.717, 1.165) is 5.56 Å². The van der Waals surface area contributed by atoms with Crippen molar-refractivity contribution in [3.8, 4) is 5.75 Å². The van der Waals surface area contributed by atoms with E-state index in [-0.39, 0.29) is 12.5 Å². The van der Waals surface area contributed by atoms with Crippen molar-refractivity contribution >= 4 is 29.2 Å². The number of benzene rings is 2. The van der Waals surface area contributed by atoms with E-state index in [4.69, 9.17) is 25.8 Å². The number of esters is 1. The molecule has 2 aromatic rings. The van der Waals surface area contributed by atoms with E-state index < -0.39 is 12.1 Å². The van der Waals surface area contributed by atoms with Crippen LogP contribution in [0, 0.1) is 6.92 Å². The number of carbonyl (C=O) groups excluding carboxylic acids is 2. The summed E-state index contributed by atoms with van der Waals surface area (Å²) in [6, 6.07) is 11.8. The largest absolute Gasteiger partial charge is 0.479 e. The van der Waals surface area contributed by atoms with E-state index >= 15 is 0 Å². The van der Waals surface area contributed by atoms with E-state index in [9.17, 15) is 9.59 Å². The fraction of sp³-hybridized carbons (Fsp3) is 0.300. The van der Waals surface area contributed by atoms with Crippen LogP contribution in [0.3, 0.4) is 0 Å². The molecular formula is C20H22ClNO5. The van der Waals surface area contributed by atoms with Crippen molar-refractivity contribution in [1.29, 1.82) is 0 Å². The third kappa shape index (κ3) is 5.98. The van der Waals surface area contributed by atoms with Crippen LogP contribution in [0.2, 0.25) is 5.02 Å². The molecule has 2 rings (SSSR count). The Labute approximate surface area is 163 Å². The summed E-state index contributed by atoms with van der Waals surface area (Å²) in [6.07, 6.45) is -0.768. The Morgan fingerprint density at radius 3 is 2.48 bits per heavy atom. The summed E-state index contributed by atoms with van der Waals surface area (Å²) in [5, 5.41) is 3.41. The second kappa shape index (κ2) is 9.94. The van der Waals surface area contributed by atoms with Crippen LogP contribution in [0.15, 0.2) is 42.5 Å². The summed E-state index contributed by atoms with van der Waals surface area (Å²) < 4.78 is 15.4. The third-order valence-electron chi connectivity index (χ3n) is 3.81. The molecule has 0 unspecified atom stereocenters. The summed E-state index contributed by atoms with van der Waals surface area (Å²) in [5.74, 6) is -0.286. The van der Waals surface area contributed by atoms with Gasteiger partial charge in [-0.05, 0) is 55.8 Å². The molecule has 0 aromatic heterocycles. The molecule has 27 heavy (non-hydrogen) atoms. The van der Waals surface area contributed by atoms with E-state index in [1.807, 2.05) is 6.92 Å². The topological polar surface area (TPSA) is 73.9 Å². The van der Waals surface area contributed by atoms with Gasteiger partial charge in [0.2, 0.25) is 0 Å². The highest BCUT2D eigenvalue weighted by atomic mass is 35.5. The van der Waals surface area contributed by atoms with E-state index in [0.29, 0.717) is 28.6 Å². The van der Waals surface area contributed by atoms with Crippen molar-refractivity contribution in [2.24, 2.45) is 0 Å². The number of carbonyl (C=O) groups is 2. The third-order valence-corrected chi connectivity index (χ3v) is 4.22. The van der Waals surface area contributed by atoms with Gasteiger partial charge in [-0.25, -0.2) is 4.79 Å². The van der Waals surface area contributed by atoms with Gasteiger partial charge >= 0.3 is 5.97 Å². The second-order valence-corrected chi connectivity index (χ2v) is 6.22. The first-order valence-corrected chi connectivity index (χ1v) is 8.79. The Hall–Kier alpha value is -2.57. The molecule has 0 spiro atoms. The second-order valence-electron chi connectivity index (χ2n) is 5.81. The Balaban J connectivity index is 1.95. The number of nitrogens with one attached hydrogen (secondary N) is 1.